The van der Waals surface area contributed by atoms with Gasteiger partial charge in [0.25, 0.3) is 5.91 Å². The summed E-state index contributed by atoms with van der Waals surface area (Å²) in [6.07, 6.45) is 0. The molecule has 0 heterocycles. The maximum Gasteiger partial charge on any atom is 0.325 e. The Kier molecular flexibility index (Phi) is 7.05. The summed E-state index contributed by atoms with van der Waals surface area (Å²) in [4.78, 5) is 46.0. The molecule has 1 amide bonds. The molecular formula is C18H15ClN2O7. The van der Waals surface area contributed by atoms with Gasteiger partial charge in [0.15, 0.2) is 18.1 Å². The van der Waals surface area contributed by atoms with E-state index >= 15 is 0 Å². The molecule has 0 aliphatic rings. The van der Waals surface area contributed by atoms with E-state index in [1.807, 2.05) is 0 Å². The minimum atomic E-state index is -0.835. The lowest BCUT2D eigenvalue weighted by Crippen LogP contribution is -2.31. The first-order valence-corrected chi connectivity index (χ1v) is 8.24. The smallest absolute Gasteiger partial charge is 0.325 e. The van der Waals surface area contributed by atoms with Crippen molar-refractivity contribution < 1.29 is 28.8 Å². The largest absolute Gasteiger partial charge is 0.490 e. The molecule has 2 rings (SSSR count). The number of esters is 1. The quantitative estimate of drug-likeness (QED) is 0.309. The number of carbonyl (C=O) groups is 3. The van der Waals surface area contributed by atoms with Gasteiger partial charge < -0.3 is 14.8 Å². The van der Waals surface area contributed by atoms with Crippen molar-refractivity contribution in [2.45, 2.75) is 0 Å². The van der Waals surface area contributed by atoms with Gasteiger partial charge in [-0.25, -0.2) is 0 Å². The Bertz CT molecular complexity index is 913. The van der Waals surface area contributed by atoms with Gasteiger partial charge in [-0.2, -0.15) is 0 Å². The third-order valence-electron chi connectivity index (χ3n) is 3.56. The summed E-state index contributed by atoms with van der Waals surface area (Å²) in [6.45, 7) is -1.00. The maximum atomic E-state index is 12.1. The van der Waals surface area contributed by atoms with Crippen molar-refractivity contribution in [2.24, 2.45) is 0 Å². The summed E-state index contributed by atoms with van der Waals surface area (Å²) in [5.74, 6) is -1.98. The highest BCUT2D eigenvalue weighted by molar-refractivity contribution is 6.30. The number of hydrogen-bond donors (Lipinski definition) is 1. The van der Waals surface area contributed by atoms with E-state index in [0.717, 1.165) is 6.07 Å². The lowest BCUT2D eigenvalue weighted by molar-refractivity contribution is -0.385. The fourth-order valence-electron chi connectivity index (χ4n) is 2.14. The molecule has 0 bridgehead atoms. The van der Waals surface area contributed by atoms with Crippen LogP contribution in [0.2, 0.25) is 5.02 Å². The molecule has 9 nitrogen and oxygen atoms in total. The lowest BCUT2D eigenvalue weighted by atomic mass is 10.1. The van der Waals surface area contributed by atoms with Gasteiger partial charge in [0, 0.05) is 22.2 Å². The minimum Gasteiger partial charge on any atom is -0.490 e. The van der Waals surface area contributed by atoms with Gasteiger partial charge in [0.2, 0.25) is 0 Å². The molecule has 2 aromatic carbocycles. The van der Waals surface area contributed by atoms with Crippen molar-refractivity contribution >= 4 is 34.9 Å². The van der Waals surface area contributed by atoms with Crippen LogP contribution in [-0.2, 0) is 9.53 Å². The fourth-order valence-corrected chi connectivity index (χ4v) is 2.27. The van der Waals surface area contributed by atoms with Crippen LogP contribution in [0, 0.1) is 10.1 Å². The number of ketones is 1. The van der Waals surface area contributed by atoms with Crippen LogP contribution in [0.15, 0.2) is 42.5 Å². The molecule has 0 fully saturated rings. The molecule has 0 spiro atoms. The van der Waals surface area contributed by atoms with Crippen molar-refractivity contribution in [3.05, 3.63) is 68.7 Å². The third kappa shape index (κ3) is 5.52. The molecule has 0 aromatic heterocycles. The first-order valence-electron chi connectivity index (χ1n) is 7.87. The zero-order chi connectivity index (χ0) is 20.7. The van der Waals surface area contributed by atoms with Crippen molar-refractivity contribution in [1.29, 1.82) is 0 Å². The van der Waals surface area contributed by atoms with E-state index in [4.69, 9.17) is 21.1 Å². The summed E-state index contributed by atoms with van der Waals surface area (Å²) in [6, 6.07) is 9.68. The van der Waals surface area contributed by atoms with E-state index in [0.29, 0.717) is 10.6 Å². The second-order valence-electron chi connectivity index (χ2n) is 5.42. The van der Waals surface area contributed by atoms with Gasteiger partial charge >= 0.3 is 11.7 Å². The van der Waals surface area contributed by atoms with Gasteiger partial charge in [0.1, 0.15) is 6.54 Å². The number of nitrogens with one attached hydrogen (secondary N) is 1. The number of ether oxygens (including phenoxy) is 2. The Morgan fingerprint density at radius 1 is 1.11 bits per heavy atom. The van der Waals surface area contributed by atoms with Gasteiger partial charge in [0.05, 0.1) is 12.0 Å². The Morgan fingerprint density at radius 2 is 1.75 bits per heavy atom. The van der Waals surface area contributed by atoms with Crippen LogP contribution in [0.5, 0.6) is 5.75 Å². The summed E-state index contributed by atoms with van der Waals surface area (Å²) in [5.41, 5.74) is -0.0874. The Balaban J connectivity index is 1.87. The normalized spacial score (nSPS) is 10.1. The van der Waals surface area contributed by atoms with E-state index in [1.165, 1.54) is 43.5 Å². The summed E-state index contributed by atoms with van der Waals surface area (Å²) in [5, 5.41) is 13.7. The standard InChI is InChI=1S/C18H15ClN2O7/c1-27-16-7-4-12(8-14(16)21(25)26)18(24)20-9-17(23)28-10-15(22)11-2-5-13(19)6-3-11/h2-8H,9-10H2,1H3,(H,20,24). The highest BCUT2D eigenvalue weighted by atomic mass is 35.5. The van der Waals surface area contributed by atoms with Crippen molar-refractivity contribution in [1.82, 2.24) is 5.32 Å². The molecule has 1 N–H and O–H groups in total. The highest BCUT2D eigenvalue weighted by Crippen LogP contribution is 2.27. The Hall–Kier alpha value is -3.46. The SMILES string of the molecule is COc1ccc(C(=O)NCC(=O)OCC(=O)c2ccc(Cl)cc2)cc1[N+](=O)[O-]. The first kappa shape index (κ1) is 20.8. The van der Waals surface area contributed by atoms with Crippen molar-refractivity contribution in [3.8, 4) is 5.75 Å². The molecule has 0 saturated heterocycles. The summed E-state index contributed by atoms with van der Waals surface area (Å²) >= 11 is 5.73. The Labute approximate surface area is 164 Å². The summed E-state index contributed by atoms with van der Waals surface area (Å²) in [7, 11) is 1.27. The average Bonchev–Trinajstić information content (AvgIpc) is 2.70. The van der Waals surface area contributed by atoms with E-state index < -0.39 is 35.7 Å². The molecule has 0 aliphatic heterocycles. The van der Waals surface area contributed by atoms with Crippen LogP contribution in [-0.4, -0.2) is 42.8 Å². The lowest BCUT2D eigenvalue weighted by Gasteiger charge is -2.07. The second kappa shape index (κ2) is 9.47. The third-order valence-corrected chi connectivity index (χ3v) is 3.81. The number of nitro groups is 1. The molecule has 10 heteroatoms. The molecule has 0 saturated carbocycles. The van der Waals surface area contributed by atoms with Gasteiger partial charge in [-0.1, -0.05) is 11.6 Å². The highest BCUT2D eigenvalue weighted by Gasteiger charge is 2.19. The zero-order valence-electron chi connectivity index (χ0n) is 14.6. The number of Topliss-reactive ketones (excluding diaryl/α,β-unsaturated/α-hetero) is 1. The molecule has 28 heavy (non-hydrogen) atoms. The number of nitro benzene ring substituents is 1. The molecule has 0 atom stereocenters. The van der Waals surface area contributed by atoms with Crippen LogP contribution >= 0.6 is 11.6 Å². The number of amides is 1. The van der Waals surface area contributed by atoms with Crippen molar-refractivity contribution in [2.75, 3.05) is 20.3 Å². The number of hydrogen-bond acceptors (Lipinski definition) is 7. The van der Waals surface area contributed by atoms with Gasteiger partial charge in [-0.15, -0.1) is 0 Å². The van der Waals surface area contributed by atoms with Crippen LogP contribution in [0.1, 0.15) is 20.7 Å². The van der Waals surface area contributed by atoms with E-state index in [2.05, 4.69) is 5.32 Å². The second-order valence-corrected chi connectivity index (χ2v) is 5.85. The minimum absolute atomic E-state index is 0.00155. The molecule has 0 aliphatic carbocycles. The first-order chi connectivity index (χ1) is 13.3. The number of halogens is 1. The van der Waals surface area contributed by atoms with Gasteiger partial charge in [-0.05, 0) is 36.4 Å². The van der Waals surface area contributed by atoms with Crippen LogP contribution in [0.3, 0.4) is 0 Å². The predicted molar refractivity (Wildman–Crippen MR) is 98.7 cm³/mol. The number of methoxy groups -OCH3 is 1. The molecule has 2 aromatic rings. The van der Waals surface area contributed by atoms with E-state index in [1.54, 1.807) is 0 Å². The monoisotopic (exact) mass is 406 g/mol. The maximum absolute atomic E-state index is 12.1. The number of carbonyl (C=O) groups excluding carboxylic acids is 3. The molecule has 0 unspecified atom stereocenters. The van der Waals surface area contributed by atoms with Crippen molar-refractivity contribution in [3.63, 3.8) is 0 Å². The van der Waals surface area contributed by atoms with Crippen LogP contribution < -0.4 is 10.1 Å². The Morgan fingerprint density at radius 3 is 2.36 bits per heavy atom. The van der Waals surface area contributed by atoms with E-state index in [9.17, 15) is 24.5 Å². The van der Waals surface area contributed by atoms with Crippen LogP contribution in [0.4, 0.5) is 5.69 Å². The topological polar surface area (TPSA) is 125 Å². The van der Waals surface area contributed by atoms with Gasteiger partial charge in [-0.3, -0.25) is 24.5 Å². The number of nitrogens with zero attached hydrogens (tertiary/aromatic N) is 1. The molecule has 0 radical (unpaired) electrons. The number of benzene rings is 2. The van der Waals surface area contributed by atoms with E-state index in [-0.39, 0.29) is 17.0 Å². The molecule has 146 valence electrons. The number of rotatable bonds is 8. The summed E-state index contributed by atoms with van der Waals surface area (Å²) < 4.78 is 9.66. The fraction of sp³-hybridized carbons (Fsp3) is 0.167. The predicted octanol–water partition coefficient (Wildman–Crippen LogP) is 2.41. The average molecular weight is 407 g/mol. The zero-order valence-corrected chi connectivity index (χ0v) is 15.4. The molecular weight excluding hydrogens is 392 g/mol. The van der Waals surface area contributed by atoms with Crippen LogP contribution in [0.25, 0.3) is 0 Å².